The van der Waals surface area contributed by atoms with E-state index in [4.69, 9.17) is 61.0 Å². The average molecular weight is 1670 g/mol. The lowest BCUT2D eigenvalue weighted by molar-refractivity contribution is -0.121. The van der Waals surface area contributed by atoms with Gasteiger partial charge in [-0.05, 0) is 127 Å². The van der Waals surface area contributed by atoms with E-state index in [2.05, 4.69) is 90.8 Å². The Bertz CT molecular complexity index is 5200. The number of rotatable bonds is 40. The van der Waals surface area contributed by atoms with Crippen LogP contribution in [0, 0.1) is 28.6 Å². The smallest absolute Gasteiger partial charge is 0.475 e. The maximum atomic E-state index is 16.2. The molecule has 31 nitrogen and oxygen atoms in total. The summed E-state index contributed by atoms with van der Waals surface area (Å²) in [6.07, 6.45) is 0.124. The second-order valence-corrected chi connectivity index (χ2v) is 33.2. The largest absolute Gasteiger partial charge is 0.497 e. The molecule has 8 atom stereocenters. The number of anilines is 2. The fourth-order valence-electron chi connectivity index (χ4n) is 15.0. The number of methoxy groups -OCH3 is 2. The molecule has 6 aromatic carbocycles. The van der Waals surface area contributed by atoms with E-state index in [1.807, 2.05) is 131 Å². The Labute approximate surface area is 697 Å². The van der Waals surface area contributed by atoms with Crippen molar-refractivity contribution in [2.45, 2.75) is 160 Å². The lowest BCUT2D eigenvalue weighted by Crippen LogP contribution is -2.38. The Morgan fingerprint density at radius 1 is 0.625 bits per heavy atom. The Hall–Kier alpha value is -11.0. The molecule has 6 heterocycles. The minimum atomic E-state index is -4.93. The van der Waals surface area contributed by atoms with Gasteiger partial charge in [-0.1, -0.05) is 129 Å². The number of phosphoric ester groups is 1. The van der Waals surface area contributed by atoms with E-state index in [9.17, 15) is 29.7 Å². The van der Waals surface area contributed by atoms with Gasteiger partial charge in [-0.3, -0.25) is 37.1 Å². The first-order valence-electron chi connectivity index (χ1n) is 40.0. The molecule has 2 saturated heterocycles. The van der Waals surface area contributed by atoms with E-state index in [0.717, 1.165) is 39.8 Å². The molecular formula is C87H99N15O16P2. The number of hydrogen-bond acceptors (Lipinski definition) is 25. The average Bonchev–Trinajstić information content (AvgIpc) is 0.774. The molecule has 0 bridgehead atoms. The van der Waals surface area contributed by atoms with Crippen molar-refractivity contribution >= 4 is 74.1 Å². The lowest BCUT2D eigenvalue weighted by Gasteiger charge is -2.37. The summed E-state index contributed by atoms with van der Waals surface area (Å²) in [5.74, 6) is 0.769. The summed E-state index contributed by atoms with van der Waals surface area (Å²) >= 11 is 0. The summed E-state index contributed by atoms with van der Waals surface area (Å²) in [4.78, 5) is 82.7. The van der Waals surface area contributed by atoms with Crippen LogP contribution in [0.2, 0.25) is 0 Å². The quantitative estimate of drug-likeness (QED) is 0.0182. The molecule has 33 heteroatoms. The van der Waals surface area contributed by atoms with Crippen LogP contribution >= 0.6 is 16.3 Å². The number of aromatic nitrogens is 8. The molecule has 2 unspecified atom stereocenters. The molecule has 0 saturated carbocycles. The Balaban J connectivity index is 0.772. The molecule has 2 fully saturated rings. The fourth-order valence-corrected chi connectivity index (χ4v) is 18.2. The number of ether oxygens (including phenoxy) is 6. The summed E-state index contributed by atoms with van der Waals surface area (Å²) in [5.41, 5.74) is 7.27. The van der Waals surface area contributed by atoms with E-state index >= 15 is 4.57 Å². The highest BCUT2D eigenvalue weighted by molar-refractivity contribution is 7.48. The number of hydrogen-bond donors (Lipinski definition) is 3. The van der Waals surface area contributed by atoms with E-state index < -0.39 is 84.0 Å². The highest BCUT2D eigenvalue weighted by atomic mass is 31.2. The first-order chi connectivity index (χ1) is 58.2. The van der Waals surface area contributed by atoms with Crippen molar-refractivity contribution in [3.05, 3.63) is 216 Å². The van der Waals surface area contributed by atoms with Crippen LogP contribution in [-0.2, 0) is 67.9 Å². The third kappa shape index (κ3) is 20.5. The molecule has 2 aliphatic heterocycles. The van der Waals surface area contributed by atoms with Gasteiger partial charge in [0.15, 0.2) is 34.0 Å². The van der Waals surface area contributed by atoms with Crippen LogP contribution in [-0.4, -0.2) is 170 Å². The summed E-state index contributed by atoms with van der Waals surface area (Å²) < 4.78 is 93.3. The van der Waals surface area contributed by atoms with Crippen LogP contribution in [0.15, 0.2) is 177 Å². The first kappa shape index (κ1) is 86.8. The summed E-state index contributed by atoms with van der Waals surface area (Å²) in [7, 11) is -2.08. The molecule has 0 spiro atoms. The summed E-state index contributed by atoms with van der Waals surface area (Å²) in [5, 5.41) is 28.5. The Morgan fingerprint density at radius 3 is 1.75 bits per heavy atom. The lowest BCUT2D eigenvalue weighted by atomic mass is 9.80. The van der Waals surface area contributed by atoms with E-state index in [0.29, 0.717) is 53.5 Å². The minimum absolute atomic E-state index is 0.0198. The fraction of sp³-hybridized carbons (Fsp3) is 0.402. The number of phosphoric acid groups is 1. The second kappa shape index (κ2) is 40.4. The van der Waals surface area contributed by atoms with Gasteiger partial charge in [0.2, 0.25) is 11.8 Å². The SMILES string of the molecule is COc1ccc(C(OC[C@H]2O[C@@H](n3cnc4c(NC(=O)c5ccc(CNC(=O)CCC(C)C)cc5)ncnc43)C[C@H]2OP(=O)(OCCC#N)OC[C@H]2O[C@@H](n3cnc4c(NC(=O)CCCN(C)C(=O)OCC5c6ccccc6-c6ccccc65)ncnc43)C[C@H]2OP(OCCC#N)N(C(C)C)C(C)C)(c2ccccc2)c2ccc(OC)cc2)cc1. The standard InChI is InChI=1S/C87H99N15O16P2/c1-56(2)27-40-75(103)90-48-59-28-30-60(31-29-59)85(105)98-82-80-84(94-53-92-82)101(55-96-80)78-47-72(73(115-78)50-111-87(61-20-11-10-12-21-61,62-32-36-64(108-8)37-33-62)63-34-38-65(109-9)39-35-63)118-120(107,113-45-19-42-89)114-51-74-71(117-119(112-44-18-41-88)102(57(3)4)58(5)6)46-77(116-74)100-54-95-79-81(91-52-93-83(79)100)97-76(104)26-17-43-99(7)86(106)110-49-70-68-24-15-13-22-66(68)67-23-14-16-25-69(67)70/h10-16,20-25,28-39,52-58,70-74,77-78H,17-19,26-27,40,43-51H2,1-9H3,(H,90,103)(H,91,93,97,104)(H,92,94,98,105)/t71-,72-,73-,74-,77-,78-,119?,120?/m1/s1. The van der Waals surface area contributed by atoms with Crippen molar-refractivity contribution in [2.24, 2.45) is 5.92 Å². The van der Waals surface area contributed by atoms with Crippen molar-refractivity contribution in [1.29, 1.82) is 10.5 Å². The van der Waals surface area contributed by atoms with E-state index in [1.54, 1.807) is 54.7 Å². The minimum Gasteiger partial charge on any atom is -0.497 e. The normalized spacial score (nSPS) is 17.8. The molecule has 4 aromatic heterocycles. The summed E-state index contributed by atoms with van der Waals surface area (Å²) in [6.45, 7) is 11.7. The van der Waals surface area contributed by atoms with Gasteiger partial charge in [0.25, 0.3) is 14.4 Å². The highest BCUT2D eigenvalue weighted by Crippen LogP contribution is 2.56. The third-order valence-electron chi connectivity index (χ3n) is 21.0. The van der Waals surface area contributed by atoms with E-state index in [-0.39, 0.29) is 122 Å². The van der Waals surface area contributed by atoms with Crippen LogP contribution in [0.3, 0.4) is 0 Å². The van der Waals surface area contributed by atoms with Crippen molar-refractivity contribution in [1.82, 2.24) is 53.9 Å². The summed E-state index contributed by atoms with van der Waals surface area (Å²) in [6, 6.07) is 51.7. The molecule has 3 N–H and O–H groups in total. The van der Waals surface area contributed by atoms with Crippen LogP contribution in [0.1, 0.15) is 155 Å². The molecule has 1 aliphatic carbocycles. The first-order valence-corrected chi connectivity index (χ1v) is 42.6. The van der Waals surface area contributed by atoms with Gasteiger partial charge in [0.05, 0.1) is 84.4 Å². The molecule has 10 aromatic rings. The second-order valence-electron chi connectivity index (χ2n) is 30.2. The van der Waals surface area contributed by atoms with Gasteiger partial charge >= 0.3 is 13.9 Å². The zero-order chi connectivity index (χ0) is 84.5. The van der Waals surface area contributed by atoms with Gasteiger partial charge in [-0.2, -0.15) is 10.5 Å². The van der Waals surface area contributed by atoms with Crippen LogP contribution < -0.4 is 25.4 Å². The van der Waals surface area contributed by atoms with Gasteiger partial charge in [-0.25, -0.2) is 43.9 Å². The van der Waals surface area contributed by atoms with Gasteiger partial charge in [0.1, 0.15) is 67.1 Å². The number of nitriles is 2. The predicted octanol–water partition coefficient (Wildman–Crippen LogP) is 15.3. The maximum absolute atomic E-state index is 16.2. The van der Waals surface area contributed by atoms with Crippen molar-refractivity contribution < 1.29 is 74.8 Å². The number of nitrogens with zero attached hydrogens (tertiary/aromatic N) is 12. The molecule has 120 heavy (non-hydrogen) atoms. The molecule has 3 aliphatic rings. The molecular weight excluding hydrogens is 1570 g/mol. The maximum Gasteiger partial charge on any atom is 0.475 e. The van der Waals surface area contributed by atoms with Gasteiger partial charge in [0, 0.05) is 69.4 Å². The monoisotopic (exact) mass is 1670 g/mol. The predicted molar refractivity (Wildman–Crippen MR) is 447 cm³/mol. The number of imidazole rings is 2. The number of nitrogens with one attached hydrogen (secondary N) is 3. The van der Waals surface area contributed by atoms with Crippen LogP contribution in [0.4, 0.5) is 16.4 Å². The van der Waals surface area contributed by atoms with Crippen LogP contribution in [0.5, 0.6) is 11.5 Å². The third-order valence-corrected chi connectivity index (χ3v) is 24.7. The zero-order valence-corrected chi connectivity index (χ0v) is 70.2. The van der Waals surface area contributed by atoms with Gasteiger partial charge < -0.3 is 58.3 Å². The number of carbonyl (C=O) groups excluding carboxylic acids is 4. The highest BCUT2D eigenvalue weighted by Gasteiger charge is 2.49. The van der Waals surface area contributed by atoms with Crippen molar-refractivity contribution in [3.8, 4) is 34.8 Å². The molecule has 4 amide bonds. The van der Waals surface area contributed by atoms with Crippen LogP contribution in [0.25, 0.3) is 33.5 Å². The van der Waals surface area contributed by atoms with E-state index in [1.165, 1.54) is 30.2 Å². The van der Waals surface area contributed by atoms with Crippen molar-refractivity contribution in [2.75, 3.05) is 71.5 Å². The number of amides is 4. The number of fused-ring (bicyclic) bond motifs is 5. The Kier molecular flexibility index (Phi) is 29.2. The zero-order valence-electron chi connectivity index (χ0n) is 68.4. The van der Waals surface area contributed by atoms with Crippen molar-refractivity contribution in [3.63, 3.8) is 0 Å². The van der Waals surface area contributed by atoms with Gasteiger partial charge in [-0.15, -0.1) is 0 Å². The molecule has 628 valence electrons. The Morgan fingerprint density at radius 2 is 1.18 bits per heavy atom. The number of carbonyl (C=O) groups is 4. The molecule has 0 radical (unpaired) electrons. The number of benzene rings is 6. The molecule has 13 rings (SSSR count). The topological polar surface area (TPSA) is 364 Å².